The van der Waals surface area contributed by atoms with E-state index in [1.54, 1.807) is 0 Å². The van der Waals surface area contributed by atoms with Crippen LogP contribution < -0.4 is 0 Å². The van der Waals surface area contributed by atoms with Crippen molar-refractivity contribution in [3.8, 4) is 0 Å². The average Bonchev–Trinajstić information content (AvgIpc) is 2.99. The van der Waals surface area contributed by atoms with Crippen molar-refractivity contribution in [1.82, 2.24) is 9.59 Å². The zero-order valence-corrected chi connectivity index (χ0v) is 14.2. The standard InChI is InChI=1S/C15H15ClN2O2S2/c16-10-6-8-12(9-7-10)21-15-13(17-18-22-15)14(19)20-11-4-2-1-3-5-11/h6-9,11H,1-5H2. The van der Waals surface area contributed by atoms with Crippen molar-refractivity contribution in [3.05, 3.63) is 35.0 Å². The first-order valence-corrected chi connectivity index (χ1v) is 9.16. The van der Waals surface area contributed by atoms with Gasteiger partial charge in [0, 0.05) is 9.92 Å². The lowest BCUT2D eigenvalue weighted by Gasteiger charge is -2.21. The summed E-state index contributed by atoms with van der Waals surface area (Å²) in [6.07, 6.45) is 5.39. The van der Waals surface area contributed by atoms with Gasteiger partial charge in [-0.05, 0) is 61.5 Å². The van der Waals surface area contributed by atoms with Crippen LogP contribution in [-0.4, -0.2) is 21.7 Å². The largest absolute Gasteiger partial charge is 0.458 e. The first-order valence-electron chi connectivity index (χ1n) is 7.19. The maximum atomic E-state index is 12.3. The van der Waals surface area contributed by atoms with Crippen LogP contribution in [0.4, 0.5) is 0 Å². The number of rotatable bonds is 4. The maximum Gasteiger partial charge on any atom is 0.361 e. The van der Waals surface area contributed by atoms with Crippen LogP contribution in [0.3, 0.4) is 0 Å². The first kappa shape index (κ1) is 15.8. The molecule has 7 heteroatoms. The second-order valence-electron chi connectivity index (χ2n) is 5.13. The molecular formula is C15H15ClN2O2S2. The fraction of sp³-hybridized carbons (Fsp3) is 0.400. The molecule has 3 rings (SSSR count). The highest BCUT2D eigenvalue weighted by atomic mass is 35.5. The number of halogens is 1. The third-order valence-electron chi connectivity index (χ3n) is 3.50. The lowest BCUT2D eigenvalue weighted by Crippen LogP contribution is -2.21. The Morgan fingerprint density at radius 3 is 2.68 bits per heavy atom. The molecule has 1 heterocycles. The van der Waals surface area contributed by atoms with E-state index in [0.29, 0.717) is 10.7 Å². The third kappa shape index (κ3) is 4.00. The summed E-state index contributed by atoms with van der Waals surface area (Å²) in [4.78, 5) is 13.3. The molecule has 116 valence electrons. The fourth-order valence-electron chi connectivity index (χ4n) is 2.37. The van der Waals surface area contributed by atoms with Crippen molar-refractivity contribution in [2.45, 2.75) is 47.3 Å². The molecule has 2 aromatic rings. The van der Waals surface area contributed by atoms with E-state index in [1.165, 1.54) is 29.7 Å². The summed E-state index contributed by atoms with van der Waals surface area (Å²) < 4.78 is 10.2. The quantitative estimate of drug-likeness (QED) is 0.736. The Morgan fingerprint density at radius 2 is 1.95 bits per heavy atom. The number of carbonyl (C=O) groups excluding carboxylic acids is 1. The molecule has 1 aromatic carbocycles. The topological polar surface area (TPSA) is 52.1 Å². The van der Waals surface area contributed by atoms with E-state index in [4.69, 9.17) is 16.3 Å². The van der Waals surface area contributed by atoms with Gasteiger partial charge in [-0.3, -0.25) is 0 Å². The third-order valence-corrected chi connectivity index (χ3v) is 5.64. The van der Waals surface area contributed by atoms with Gasteiger partial charge in [-0.25, -0.2) is 4.79 Å². The highest BCUT2D eigenvalue weighted by Crippen LogP contribution is 2.33. The van der Waals surface area contributed by atoms with Gasteiger partial charge in [-0.15, -0.1) is 5.10 Å². The molecule has 1 fully saturated rings. The molecule has 0 unspecified atom stereocenters. The van der Waals surface area contributed by atoms with Gasteiger partial charge in [0.1, 0.15) is 10.3 Å². The Labute approximate surface area is 142 Å². The molecule has 1 saturated carbocycles. The number of nitrogens with zero attached hydrogens (tertiary/aromatic N) is 2. The van der Waals surface area contributed by atoms with E-state index in [1.807, 2.05) is 24.3 Å². The molecule has 1 aliphatic rings. The van der Waals surface area contributed by atoms with Crippen LogP contribution >= 0.6 is 34.9 Å². The van der Waals surface area contributed by atoms with Gasteiger partial charge in [0.15, 0.2) is 5.69 Å². The second-order valence-corrected chi connectivity index (χ2v) is 7.66. The highest BCUT2D eigenvalue weighted by Gasteiger charge is 2.23. The number of hydrogen-bond acceptors (Lipinski definition) is 6. The summed E-state index contributed by atoms with van der Waals surface area (Å²) in [6, 6.07) is 7.45. The van der Waals surface area contributed by atoms with Gasteiger partial charge in [0.2, 0.25) is 0 Å². The van der Waals surface area contributed by atoms with Gasteiger partial charge in [0.25, 0.3) is 0 Å². The Kier molecular flexibility index (Phi) is 5.33. The van der Waals surface area contributed by atoms with E-state index < -0.39 is 0 Å². The minimum atomic E-state index is -0.364. The summed E-state index contributed by atoms with van der Waals surface area (Å²) in [5.41, 5.74) is 0.315. The summed E-state index contributed by atoms with van der Waals surface area (Å²) in [7, 11) is 0. The van der Waals surface area contributed by atoms with Crippen molar-refractivity contribution in [2.75, 3.05) is 0 Å². The summed E-state index contributed by atoms with van der Waals surface area (Å²) in [5.74, 6) is -0.364. The molecule has 22 heavy (non-hydrogen) atoms. The maximum absolute atomic E-state index is 12.3. The molecule has 0 radical (unpaired) electrons. The molecule has 1 aromatic heterocycles. The van der Waals surface area contributed by atoms with Crippen molar-refractivity contribution in [3.63, 3.8) is 0 Å². The van der Waals surface area contributed by atoms with Crippen LogP contribution in [0.15, 0.2) is 33.4 Å². The molecule has 0 spiro atoms. The predicted molar refractivity (Wildman–Crippen MR) is 87.8 cm³/mol. The highest BCUT2D eigenvalue weighted by molar-refractivity contribution is 8.01. The number of esters is 1. The summed E-state index contributed by atoms with van der Waals surface area (Å²) in [5, 5.41) is 4.63. The Balaban J connectivity index is 1.68. The zero-order valence-electron chi connectivity index (χ0n) is 11.8. The second kappa shape index (κ2) is 7.44. The van der Waals surface area contributed by atoms with Gasteiger partial charge in [-0.1, -0.05) is 34.3 Å². The number of ether oxygens (including phenoxy) is 1. The molecule has 0 aliphatic heterocycles. The van der Waals surface area contributed by atoms with Crippen LogP contribution in [0, 0.1) is 0 Å². The number of benzene rings is 1. The van der Waals surface area contributed by atoms with Crippen molar-refractivity contribution >= 4 is 40.9 Å². The average molecular weight is 355 g/mol. The number of carbonyl (C=O) groups is 1. The first-order chi connectivity index (χ1) is 10.7. The lowest BCUT2D eigenvalue weighted by atomic mass is 9.98. The normalized spacial score (nSPS) is 15.7. The van der Waals surface area contributed by atoms with Crippen LogP contribution in [0.1, 0.15) is 42.6 Å². The minimum absolute atomic E-state index is 0.0244. The van der Waals surface area contributed by atoms with Gasteiger partial charge in [-0.2, -0.15) is 0 Å². The van der Waals surface area contributed by atoms with Gasteiger partial charge in [0.05, 0.1) is 0 Å². The number of hydrogen-bond donors (Lipinski definition) is 0. The molecule has 0 atom stereocenters. The van der Waals surface area contributed by atoms with E-state index in [-0.39, 0.29) is 12.1 Å². The molecule has 4 nitrogen and oxygen atoms in total. The fourth-order valence-corrected chi connectivity index (χ4v) is 4.15. The molecule has 0 N–H and O–H groups in total. The van der Waals surface area contributed by atoms with Crippen molar-refractivity contribution in [1.29, 1.82) is 0 Å². The monoisotopic (exact) mass is 354 g/mol. The van der Waals surface area contributed by atoms with Crippen LogP contribution in [0.5, 0.6) is 0 Å². The Bertz CT molecular complexity index is 639. The van der Waals surface area contributed by atoms with Crippen LogP contribution in [0.25, 0.3) is 0 Å². The number of aromatic nitrogens is 2. The zero-order chi connectivity index (χ0) is 15.4. The van der Waals surface area contributed by atoms with Crippen LogP contribution in [0.2, 0.25) is 5.02 Å². The van der Waals surface area contributed by atoms with Crippen molar-refractivity contribution in [2.24, 2.45) is 0 Å². The van der Waals surface area contributed by atoms with Gasteiger partial charge < -0.3 is 4.74 Å². The van der Waals surface area contributed by atoms with E-state index in [2.05, 4.69) is 9.59 Å². The van der Waals surface area contributed by atoms with E-state index >= 15 is 0 Å². The molecule has 0 bridgehead atoms. The van der Waals surface area contributed by atoms with Crippen molar-refractivity contribution < 1.29 is 9.53 Å². The van der Waals surface area contributed by atoms with Crippen LogP contribution in [-0.2, 0) is 4.74 Å². The van der Waals surface area contributed by atoms with E-state index in [0.717, 1.165) is 34.8 Å². The molecule has 1 aliphatic carbocycles. The summed E-state index contributed by atoms with van der Waals surface area (Å²) in [6.45, 7) is 0. The SMILES string of the molecule is O=C(OC1CCCCC1)c1nnsc1Sc1ccc(Cl)cc1. The summed E-state index contributed by atoms with van der Waals surface area (Å²) >= 11 is 8.54. The predicted octanol–water partition coefficient (Wildman–Crippen LogP) is 4.83. The smallest absolute Gasteiger partial charge is 0.361 e. The Hall–Kier alpha value is -1.11. The van der Waals surface area contributed by atoms with E-state index in [9.17, 15) is 4.79 Å². The Morgan fingerprint density at radius 1 is 1.23 bits per heavy atom. The molecule has 0 amide bonds. The van der Waals surface area contributed by atoms with Gasteiger partial charge >= 0.3 is 5.97 Å². The minimum Gasteiger partial charge on any atom is -0.458 e. The molecular weight excluding hydrogens is 340 g/mol. The molecule has 0 saturated heterocycles. The lowest BCUT2D eigenvalue weighted by molar-refractivity contribution is 0.0200.